The van der Waals surface area contributed by atoms with Gasteiger partial charge in [-0.1, -0.05) is 23.9 Å². The van der Waals surface area contributed by atoms with Crippen molar-refractivity contribution in [3.05, 3.63) is 32.7 Å². The molecule has 3 aromatic rings. The molecule has 112 valence electrons. The summed E-state index contributed by atoms with van der Waals surface area (Å²) in [6.07, 6.45) is 1.88. The van der Waals surface area contributed by atoms with Gasteiger partial charge in [0, 0.05) is 9.13 Å². The quantitative estimate of drug-likeness (QED) is 0.362. The molecule has 0 bridgehead atoms. The Balaban J connectivity index is 2.36. The van der Waals surface area contributed by atoms with Crippen molar-refractivity contribution in [2.75, 3.05) is 12.0 Å². The number of anilines is 1. The highest BCUT2D eigenvalue weighted by Crippen LogP contribution is 2.39. The van der Waals surface area contributed by atoms with Crippen LogP contribution >= 0.6 is 45.7 Å². The number of rotatable bonds is 3. The highest BCUT2D eigenvalue weighted by Gasteiger charge is 2.21. The summed E-state index contributed by atoms with van der Waals surface area (Å²) in [7, 11) is 0. The van der Waals surface area contributed by atoms with Crippen LogP contribution in [0.5, 0.6) is 0 Å². The predicted molar refractivity (Wildman–Crippen MR) is 98.7 cm³/mol. The smallest absolute Gasteiger partial charge is 0.348 e. The molecule has 0 atom stereocenters. The summed E-state index contributed by atoms with van der Waals surface area (Å²) in [6, 6.07) is 7.85. The number of nitrogen functional groups attached to an aromatic ring is 1. The Kier molecular flexibility index (Phi) is 4.24. The third-order valence-corrected chi connectivity index (χ3v) is 5.42. The number of fused-ring (bicyclic) bond motifs is 1. The van der Waals surface area contributed by atoms with Crippen LogP contribution in [0, 0.1) is 3.57 Å². The molecular formula is C14H10IN3O2S2. The van der Waals surface area contributed by atoms with Gasteiger partial charge in [-0.25, -0.2) is 14.8 Å². The van der Waals surface area contributed by atoms with Crippen molar-refractivity contribution in [3.8, 4) is 11.3 Å². The van der Waals surface area contributed by atoms with E-state index in [1.807, 2.05) is 30.5 Å². The van der Waals surface area contributed by atoms with E-state index in [4.69, 9.17) is 5.73 Å². The topological polar surface area (TPSA) is 89.1 Å². The van der Waals surface area contributed by atoms with E-state index in [0.29, 0.717) is 21.1 Å². The van der Waals surface area contributed by atoms with Crippen LogP contribution in [0.2, 0.25) is 0 Å². The van der Waals surface area contributed by atoms with E-state index in [2.05, 4.69) is 32.6 Å². The summed E-state index contributed by atoms with van der Waals surface area (Å²) >= 11 is 4.73. The average molecular weight is 443 g/mol. The number of hydrogen-bond acceptors (Lipinski definition) is 6. The number of aromatic carboxylic acids is 1. The molecule has 1 aromatic carbocycles. The number of thiophene rings is 1. The number of carboxylic acid groups (broad SMARTS) is 1. The molecule has 2 heterocycles. The number of aromatic nitrogens is 2. The number of nitrogens with zero attached hydrogens (tertiary/aromatic N) is 2. The van der Waals surface area contributed by atoms with Crippen LogP contribution in [0.1, 0.15) is 9.67 Å². The Hall–Kier alpha value is -1.39. The van der Waals surface area contributed by atoms with Crippen LogP contribution < -0.4 is 5.73 Å². The molecule has 0 spiro atoms. The standard InChI is InChI=1S/C14H10IN3O2S2/c1-21-14-17-10(6-2-4-7(15)5-3-6)8-9(16)11(13(19)20)22-12(8)18-14/h2-5H,16H2,1H3,(H,19,20). The van der Waals surface area contributed by atoms with Gasteiger partial charge in [-0.15, -0.1) is 11.3 Å². The van der Waals surface area contributed by atoms with Crippen molar-refractivity contribution in [2.45, 2.75) is 5.16 Å². The number of nitrogens with two attached hydrogens (primary N) is 1. The SMILES string of the molecule is CSc1nc(-c2ccc(I)cc2)c2c(N)c(C(=O)O)sc2n1. The van der Waals surface area contributed by atoms with Gasteiger partial charge in [-0.05, 0) is 41.0 Å². The first-order chi connectivity index (χ1) is 10.5. The Morgan fingerprint density at radius 2 is 2.00 bits per heavy atom. The van der Waals surface area contributed by atoms with E-state index in [9.17, 15) is 9.90 Å². The monoisotopic (exact) mass is 443 g/mol. The van der Waals surface area contributed by atoms with Gasteiger partial charge in [0.1, 0.15) is 9.71 Å². The number of carbonyl (C=O) groups is 1. The van der Waals surface area contributed by atoms with E-state index in [1.165, 1.54) is 11.8 Å². The molecule has 0 radical (unpaired) electrons. The van der Waals surface area contributed by atoms with E-state index < -0.39 is 5.97 Å². The van der Waals surface area contributed by atoms with Gasteiger partial charge in [-0.3, -0.25) is 0 Å². The first-order valence-corrected chi connectivity index (χ1v) is 9.26. The molecule has 0 aliphatic carbocycles. The summed E-state index contributed by atoms with van der Waals surface area (Å²) < 4.78 is 1.11. The zero-order valence-electron chi connectivity index (χ0n) is 11.3. The van der Waals surface area contributed by atoms with Crippen molar-refractivity contribution >= 4 is 67.6 Å². The number of hydrogen-bond donors (Lipinski definition) is 2. The molecule has 0 unspecified atom stereocenters. The van der Waals surface area contributed by atoms with E-state index in [0.717, 1.165) is 20.5 Å². The van der Waals surface area contributed by atoms with Crippen LogP contribution in [-0.4, -0.2) is 27.3 Å². The molecule has 0 saturated heterocycles. The Morgan fingerprint density at radius 3 is 2.59 bits per heavy atom. The van der Waals surface area contributed by atoms with Gasteiger partial charge in [0.2, 0.25) is 0 Å². The minimum atomic E-state index is -1.04. The molecule has 0 saturated carbocycles. The van der Waals surface area contributed by atoms with Crippen molar-refractivity contribution < 1.29 is 9.90 Å². The number of halogens is 1. The zero-order valence-corrected chi connectivity index (χ0v) is 15.1. The molecule has 5 nitrogen and oxygen atoms in total. The number of carboxylic acids is 1. The first kappa shape index (κ1) is 15.5. The van der Waals surface area contributed by atoms with E-state index >= 15 is 0 Å². The maximum atomic E-state index is 11.3. The van der Waals surface area contributed by atoms with Gasteiger partial charge in [0.05, 0.1) is 16.8 Å². The fourth-order valence-electron chi connectivity index (χ4n) is 2.07. The van der Waals surface area contributed by atoms with Crippen LogP contribution in [0.3, 0.4) is 0 Å². The molecule has 0 aliphatic heterocycles. The molecule has 3 rings (SSSR count). The van der Waals surface area contributed by atoms with E-state index in [-0.39, 0.29) is 10.6 Å². The van der Waals surface area contributed by atoms with Gasteiger partial charge in [0.15, 0.2) is 5.16 Å². The van der Waals surface area contributed by atoms with Crippen molar-refractivity contribution in [3.63, 3.8) is 0 Å². The van der Waals surface area contributed by atoms with Gasteiger partial charge in [0.25, 0.3) is 0 Å². The third kappa shape index (κ3) is 2.66. The molecule has 3 N–H and O–H groups in total. The number of thioether (sulfide) groups is 1. The highest BCUT2D eigenvalue weighted by molar-refractivity contribution is 14.1. The van der Waals surface area contributed by atoms with Crippen molar-refractivity contribution in [1.29, 1.82) is 0 Å². The van der Waals surface area contributed by atoms with Crippen LogP contribution in [0.15, 0.2) is 29.4 Å². The Labute approximate surface area is 148 Å². The fourth-order valence-corrected chi connectivity index (χ4v) is 3.79. The van der Waals surface area contributed by atoms with Gasteiger partial charge in [-0.2, -0.15) is 0 Å². The van der Waals surface area contributed by atoms with Gasteiger partial charge >= 0.3 is 5.97 Å². The summed E-state index contributed by atoms with van der Waals surface area (Å²) in [5.74, 6) is -1.04. The second kappa shape index (κ2) is 6.01. The third-order valence-electron chi connectivity index (χ3n) is 3.06. The van der Waals surface area contributed by atoms with Crippen LogP contribution in [0.25, 0.3) is 21.5 Å². The lowest BCUT2D eigenvalue weighted by atomic mass is 10.1. The summed E-state index contributed by atoms with van der Waals surface area (Å²) in [4.78, 5) is 20.9. The second-order valence-corrected chi connectivity index (χ2v) is 7.41. The summed E-state index contributed by atoms with van der Waals surface area (Å²) in [5, 5.41) is 10.5. The van der Waals surface area contributed by atoms with Crippen molar-refractivity contribution in [1.82, 2.24) is 9.97 Å². The molecule has 0 amide bonds. The second-order valence-electron chi connectivity index (χ2n) is 4.40. The molecule has 0 aliphatic rings. The molecule has 8 heteroatoms. The minimum absolute atomic E-state index is 0.106. The average Bonchev–Trinajstić information content (AvgIpc) is 2.84. The predicted octanol–water partition coefficient (Wildman–Crippen LogP) is 3.97. The van der Waals surface area contributed by atoms with E-state index in [1.54, 1.807) is 0 Å². The Bertz CT molecular complexity index is 878. The maximum absolute atomic E-state index is 11.3. The van der Waals surface area contributed by atoms with Crippen LogP contribution in [0.4, 0.5) is 5.69 Å². The first-order valence-electron chi connectivity index (χ1n) is 6.14. The molecule has 22 heavy (non-hydrogen) atoms. The molecular weight excluding hydrogens is 433 g/mol. The van der Waals surface area contributed by atoms with Crippen LogP contribution in [-0.2, 0) is 0 Å². The fraction of sp³-hybridized carbons (Fsp3) is 0.0714. The van der Waals surface area contributed by atoms with Gasteiger partial charge < -0.3 is 10.8 Å². The lowest BCUT2D eigenvalue weighted by molar-refractivity contribution is 0.0703. The summed E-state index contributed by atoms with van der Waals surface area (Å²) in [6.45, 7) is 0. The van der Waals surface area contributed by atoms with Crippen molar-refractivity contribution in [2.24, 2.45) is 0 Å². The Morgan fingerprint density at radius 1 is 1.32 bits per heavy atom. The number of benzene rings is 1. The minimum Gasteiger partial charge on any atom is -0.477 e. The summed E-state index contributed by atoms with van der Waals surface area (Å²) in [5.41, 5.74) is 7.84. The highest BCUT2D eigenvalue weighted by atomic mass is 127. The zero-order chi connectivity index (χ0) is 15.9. The molecule has 0 fully saturated rings. The lowest BCUT2D eigenvalue weighted by Gasteiger charge is -2.06. The maximum Gasteiger partial charge on any atom is 0.348 e. The largest absolute Gasteiger partial charge is 0.477 e. The normalized spacial score (nSPS) is 11.0. The molecule has 2 aromatic heterocycles. The lowest BCUT2D eigenvalue weighted by Crippen LogP contribution is -1.98.